The van der Waals surface area contributed by atoms with E-state index in [2.05, 4.69) is 5.32 Å². The van der Waals surface area contributed by atoms with Crippen LogP contribution in [-0.2, 0) is 0 Å². The van der Waals surface area contributed by atoms with Crippen LogP contribution in [0.2, 0.25) is 5.02 Å². The highest BCUT2D eigenvalue weighted by Gasteiger charge is 2.20. The Hall–Kier alpha value is -0.800. The quantitative estimate of drug-likeness (QED) is 0.840. The molecule has 0 spiro atoms. The normalized spacial score (nSPS) is 23.1. The summed E-state index contributed by atoms with van der Waals surface area (Å²) in [5.41, 5.74) is 0.292. The minimum Gasteiger partial charge on any atom is -0.352 e. The molecule has 104 valence electrons. The summed E-state index contributed by atoms with van der Waals surface area (Å²) in [7, 11) is 0. The molecule has 2 atom stereocenters. The first kappa shape index (κ1) is 14.6. The third-order valence-electron chi connectivity index (χ3n) is 3.45. The van der Waals surface area contributed by atoms with E-state index in [0.717, 1.165) is 31.7 Å². The molecular weight excluding hydrogens is 288 g/mol. The summed E-state index contributed by atoms with van der Waals surface area (Å²) in [4.78, 5) is 11.9. The van der Waals surface area contributed by atoms with E-state index < -0.39 is 5.82 Å². The summed E-state index contributed by atoms with van der Waals surface area (Å²) in [6.07, 6.45) is 4.16. The van der Waals surface area contributed by atoms with Crippen LogP contribution in [0.15, 0.2) is 18.2 Å². The van der Waals surface area contributed by atoms with Crippen molar-refractivity contribution in [2.24, 2.45) is 5.92 Å². The number of carbonyl (C=O) groups excluding carboxylic acids is 1. The van der Waals surface area contributed by atoms with Gasteiger partial charge in [-0.05, 0) is 43.4 Å². The highest BCUT2D eigenvalue weighted by Crippen LogP contribution is 2.27. The van der Waals surface area contributed by atoms with Gasteiger partial charge in [-0.3, -0.25) is 4.79 Å². The van der Waals surface area contributed by atoms with Gasteiger partial charge >= 0.3 is 0 Å². The second-order valence-corrected chi connectivity index (χ2v) is 5.99. The van der Waals surface area contributed by atoms with Crippen LogP contribution in [0, 0.1) is 11.7 Å². The average molecular weight is 304 g/mol. The van der Waals surface area contributed by atoms with Crippen molar-refractivity contribution in [3.63, 3.8) is 0 Å². The molecule has 1 saturated carbocycles. The molecule has 0 aromatic heterocycles. The van der Waals surface area contributed by atoms with Crippen LogP contribution in [0.5, 0.6) is 0 Å². The van der Waals surface area contributed by atoms with E-state index >= 15 is 0 Å². The molecule has 1 amide bonds. The van der Waals surface area contributed by atoms with Gasteiger partial charge in [0.15, 0.2) is 0 Å². The zero-order valence-electron chi connectivity index (χ0n) is 10.5. The predicted octanol–water partition coefficient (Wildman–Crippen LogP) is 4.01. The highest BCUT2D eigenvalue weighted by molar-refractivity contribution is 6.30. The minimum atomic E-state index is -0.576. The van der Waals surface area contributed by atoms with Gasteiger partial charge < -0.3 is 5.32 Å². The minimum absolute atomic E-state index is 0.0220. The molecular formula is C14H16Cl2FNO. The van der Waals surface area contributed by atoms with Gasteiger partial charge in [-0.15, -0.1) is 11.6 Å². The predicted molar refractivity (Wildman–Crippen MR) is 75.3 cm³/mol. The largest absolute Gasteiger partial charge is 0.352 e. The van der Waals surface area contributed by atoms with Gasteiger partial charge in [0.05, 0.1) is 5.02 Å². The maximum Gasteiger partial charge on any atom is 0.251 e. The molecule has 0 radical (unpaired) electrons. The fraction of sp³-hybridized carbons (Fsp3) is 0.500. The fourth-order valence-electron chi connectivity index (χ4n) is 2.39. The number of carbonyl (C=O) groups is 1. The Morgan fingerprint density at radius 1 is 1.42 bits per heavy atom. The number of benzene rings is 1. The average Bonchev–Trinajstić information content (AvgIpc) is 2.39. The van der Waals surface area contributed by atoms with Gasteiger partial charge in [0.1, 0.15) is 5.82 Å². The fourth-order valence-corrected chi connectivity index (χ4v) is 2.91. The van der Waals surface area contributed by atoms with E-state index in [1.807, 2.05) is 0 Å². The van der Waals surface area contributed by atoms with Crippen molar-refractivity contribution in [3.8, 4) is 0 Å². The molecule has 19 heavy (non-hydrogen) atoms. The Balaban J connectivity index is 1.88. The molecule has 1 aliphatic rings. The van der Waals surface area contributed by atoms with E-state index in [1.54, 1.807) is 0 Å². The van der Waals surface area contributed by atoms with E-state index in [4.69, 9.17) is 23.2 Å². The number of amides is 1. The maximum absolute atomic E-state index is 13.3. The summed E-state index contributed by atoms with van der Waals surface area (Å²) in [5, 5.41) is 3.06. The molecule has 0 saturated heterocycles. The molecule has 2 rings (SSSR count). The molecule has 0 heterocycles. The van der Waals surface area contributed by atoms with Gasteiger partial charge in [0.25, 0.3) is 5.91 Å². The van der Waals surface area contributed by atoms with Crippen LogP contribution in [0.3, 0.4) is 0 Å². The van der Waals surface area contributed by atoms with Crippen LogP contribution in [0.4, 0.5) is 4.39 Å². The molecule has 1 N–H and O–H groups in total. The number of rotatable bonds is 3. The zero-order valence-corrected chi connectivity index (χ0v) is 12.0. The SMILES string of the molecule is O=C(NCC1CCCC(Cl)C1)c1ccc(Cl)c(F)c1. The Morgan fingerprint density at radius 2 is 2.21 bits per heavy atom. The molecule has 2 unspecified atom stereocenters. The molecule has 1 aliphatic carbocycles. The zero-order chi connectivity index (χ0) is 13.8. The smallest absolute Gasteiger partial charge is 0.251 e. The summed E-state index contributed by atoms with van der Waals surface area (Å²) in [6, 6.07) is 4.07. The number of nitrogens with one attached hydrogen (secondary N) is 1. The van der Waals surface area contributed by atoms with Gasteiger partial charge in [-0.2, -0.15) is 0 Å². The van der Waals surface area contributed by atoms with Crippen LogP contribution in [0.1, 0.15) is 36.0 Å². The lowest BCUT2D eigenvalue weighted by molar-refractivity contribution is 0.0943. The van der Waals surface area contributed by atoms with Crippen molar-refractivity contribution < 1.29 is 9.18 Å². The molecule has 1 fully saturated rings. The lowest BCUT2D eigenvalue weighted by Gasteiger charge is -2.25. The first-order chi connectivity index (χ1) is 9.06. The Morgan fingerprint density at radius 3 is 2.89 bits per heavy atom. The summed E-state index contributed by atoms with van der Waals surface area (Å²) in [6.45, 7) is 0.590. The van der Waals surface area contributed by atoms with Crippen molar-refractivity contribution in [2.75, 3.05) is 6.54 Å². The standard InChI is InChI=1S/C14H16Cl2FNO/c15-11-3-1-2-9(6-11)8-18-14(19)10-4-5-12(16)13(17)7-10/h4-5,7,9,11H,1-3,6,8H2,(H,18,19). The molecule has 0 aliphatic heterocycles. The van der Waals surface area contributed by atoms with Crippen molar-refractivity contribution >= 4 is 29.1 Å². The van der Waals surface area contributed by atoms with Crippen LogP contribution < -0.4 is 5.32 Å². The third kappa shape index (κ3) is 4.08. The van der Waals surface area contributed by atoms with Crippen molar-refractivity contribution in [2.45, 2.75) is 31.1 Å². The van der Waals surface area contributed by atoms with Crippen LogP contribution in [0.25, 0.3) is 0 Å². The summed E-state index contributed by atoms with van der Waals surface area (Å²) in [5.74, 6) is -0.433. The first-order valence-corrected chi connectivity index (χ1v) is 7.25. The van der Waals surface area contributed by atoms with E-state index in [-0.39, 0.29) is 16.3 Å². The summed E-state index contributed by atoms with van der Waals surface area (Å²) >= 11 is 11.7. The molecule has 1 aromatic rings. The Kier molecular flexibility index (Phi) is 5.06. The first-order valence-electron chi connectivity index (χ1n) is 6.43. The van der Waals surface area contributed by atoms with E-state index in [9.17, 15) is 9.18 Å². The van der Waals surface area contributed by atoms with E-state index in [0.29, 0.717) is 18.0 Å². The number of hydrogen-bond acceptors (Lipinski definition) is 1. The topological polar surface area (TPSA) is 29.1 Å². The lowest BCUT2D eigenvalue weighted by Crippen LogP contribution is -2.32. The second kappa shape index (κ2) is 6.58. The van der Waals surface area contributed by atoms with Crippen molar-refractivity contribution in [1.82, 2.24) is 5.32 Å². The van der Waals surface area contributed by atoms with Gasteiger partial charge in [-0.1, -0.05) is 18.0 Å². The van der Waals surface area contributed by atoms with Gasteiger partial charge in [0, 0.05) is 17.5 Å². The molecule has 5 heteroatoms. The Labute approximate surface area is 122 Å². The van der Waals surface area contributed by atoms with Gasteiger partial charge in [-0.25, -0.2) is 4.39 Å². The molecule has 0 bridgehead atoms. The Bertz CT molecular complexity index is 467. The third-order valence-corrected chi connectivity index (χ3v) is 4.15. The highest BCUT2D eigenvalue weighted by atomic mass is 35.5. The van der Waals surface area contributed by atoms with Gasteiger partial charge in [0.2, 0.25) is 0 Å². The van der Waals surface area contributed by atoms with Crippen molar-refractivity contribution in [3.05, 3.63) is 34.6 Å². The van der Waals surface area contributed by atoms with E-state index in [1.165, 1.54) is 12.1 Å². The lowest BCUT2D eigenvalue weighted by atomic mass is 9.89. The number of hydrogen-bond donors (Lipinski definition) is 1. The van der Waals surface area contributed by atoms with Crippen LogP contribution in [-0.4, -0.2) is 17.8 Å². The molecule has 2 nitrogen and oxygen atoms in total. The number of halogens is 3. The van der Waals surface area contributed by atoms with Crippen molar-refractivity contribution in [1.29, 1.82) is 0 Å². The monoisotopic (exact) mass is 303 g/mol. The second-order valence-electron chi connectivity index (χ2n) is 4.97. The summed E-state index contributed by atoms with van der Waals surface area (Å²) < 4.78 is 13.3. The molecule has 1 aromatic carbocycles. The number of alkyl halides is 1. The maximum atomic E-state index is 13.3. The van der Waals surface area contributed by atoms with Crippen LogP contribution >= 0.6 is 23.2 Å².